The van der Waals surface area contributed by atoms with Crippen molar-refractivity contribution in [1.29, 1.82) is 0 Å². The van der Waals surface area contributed by atoms with E-state index in [0.717, 1.165) is 5.39 Å². The largest absolute Gasteiger partial charge is 0.493 e. The van der Waals surface area contributed by atoms with Crippen molar-refractivity contribution >= 4 is 16.9 Å². The van der Waals surface area contributed by atoms with Crippen LogP contribution in [0.1, 0.15) is 20.8 Å². The van der Waals surface area contributed by atoms with Crippen molar-refractivity contribution in [2.24, 2.45) is 0 Å². The van der Waals surface area contributed by atoms with Crippen molar-refractivity contribution in [1.82, 2.24) is 0 Å². The highest BCUT2D eigenvalue weighted by Crippen LogP contribution is 2.19. The van der Waals surface area contributed by atoms with Gasteiger partial charge in [0.05, 0.1) is 13.2 Å². The van der Waals surface area contributed by atoms with Crippen LogP contribution in [-0.2, 0) is 9.53 Å². The van der Waals surface area contributed by atoms with E-state index in [1.54, 1.807) is 25.1 Å². The first kappa shape index (κ1) is 17.5. The van der Waals surface area contributed by atoms with Crippen molar-refractivity contribution in [2.45, 2.75) is 20.8 Å². The fourth-order valence-corrected chi connectivity index (χ4v) is 1.67. The van der Waals surface area contributed by atoms with E-state index in [1.165, 1.54) is 6.07 Å². The van der Waals surface area contributed by atoms with Gasteiger partial charge in [-0.15, -0.1) is 0 Å². The molecular formula is C17H20O5. The number of esters is 1. The fraction of sp³-hybridized carbons (Fsp3) is 0.294. The van der Waals surface area contributed by atoms with Crippen LogP contribution in [0.4, 0.5) is 0 Å². The predicted octanol–water partition coefficient (Wildman–Crippen LogP) is 3.32. The Morgan fingerprint density at radius 3 is 2.68 bits per heavy atom. The molecule has 0 bridgehead atoms. The summed E-state index contributed by atoms with van der Waals surface area (Å²) in [7, 11) is 0. The number of ether oxygens (including phenoxy) is 2. The summed E-state index contributed by atoms with van der Waals surface area (Å²) in [5.41, 5.74) is 0.459. The van der Waals surface area contributed by atoms with Gasteiger partial charge in [-0.25, -0.2) is 9.59 Å². The molecule has 2 rings (SSSR count). The molecule has 0 unspecified atom stereocenters. The van der Waals surface area contributed by atoms with Gasteiger partial charge in [0.2, 0.25) is 0 Å². The summed E-state index contributed by atoms with van der Waals surface area (Å²) in [5, 5.41) is 0.831. The Hall–Kier alpha value is -2.56. The van der Waals surface area contributed by atoms with Gasteiger partial charge in [0, 0.05) is 29.5 Å². The number of hydrogen-bond acceptors (Lipinski definition) is 5. The van der Waals surface area contributed by atoms with Gasteiger partial charge in [-0.3, -0.25) is 0 Å². The van der Waals surface area contributed by atoms with Crippen LogP contribution >= 0.6 is 0 Å². The van der Waals surface area contributed by atoms with E-state index >= 15 is 0 Å². The molecule has 1 heterocycles. The van der Waals surface area contributed by atoms with E-state index < -0.39 is 11.6 Å². The second kappa shape index (κ2) is 8.02. The normalized spacial score (nSPS) is 9.86. The van der Waals surface area contributed by atoms with Crippen LogP contribution in [0.25, 0.3) is 11.0 Å². The molecule has 0 radical (unpaired) electrons. The number of rotatable bonds is 6. The first-order chi connectivity index (χ1) is 10.1. The zero-order chi connectivity index (χ0) is 15.2. The highest BCUT2D eigenvalue weighted by atomic mass is 16.5. The van der Waals surface area contributed by atoms with Gasteiger partial charge in [0.25, 0.3) is 0 Å². The Balaban J connectivity index is 0.00000242. The van der Waals surface area contributed by atoms with E-state index in [-0.39, 0.29) is 14.0 Å². The monoisotopic (exact) mass is 304 g/mol. The summed E-state index contributed by atoms with van der Waals surface area (Å²) in [4.78, 5) is 22.3. The van der Waals surface area contributed by atoms with Crippen LogP contribution in [0.2, 0.25) is 0 Å². The molecule has 0 spiro atoms. The second-order valence-electron chi connectivity index (χ2n) is 4.57. The molecule has 0 aliphatic heterocycles. The number of fused-ring (bicyclic) bond motifs is 1. The molecule has 0 aliphatic rings. The van der Waals surface area contributed by atoms with Gasteiger partial charge >= 0.3 is 11.6 Å². The molecule has 0 saturated heterocycles. The third-order valence-electron chi connectivity index (χ3n) is 2.73. The second-order valence-corrected chi connectivity index (χ2v) is 4.57. The third kappa shape index (κ3) is 4.77. The zero-order valence-electron chi connectivity index (χ0n) is 11.8. The lowest BCUT2D eigenvalue weighted by molar-refractivity contribution is -0.139. The van der Waals surface area contributed by atoms with Crippen LogP contribution in [0.3, 0.4) is 0 Å². The van der Waals surface area contributed by atoms with Crippen molar-refractivity contribution in [3.63, 3.8) is 0 Å². The molecule has 0 amide bonds. The van der Waals surface area contributed by atoms with Crippen molar-refractivity contribution in [3.8, 4) is 5.75 Å². The van der Waals surface area contributed by atoms with Crippen LogP contribution in [0.15, 0.2) is 51.7 Å². The molecule has 118 valence electrons. The average Bonchev–Trinajstić information content (AvgIpc) is 2.46. The molecule has 0 saturated carbocycles. The molecule has 0 aliphatic carbocycles. The number of benzene rings is 1. The fourth-order valence-electron chi connectivity index (χ4n) is 1.67. The van der Waals surface area contributed by atoms with E-state index in [1.807, 2.05) is 6.07 Å². The smallest absolute Gasteiger partial charge is 0.336 e. The molecule has 0 atom stereocenters. The Morgan fingerprint density at radius 2 is 1.95 bits per heavy atom. The van der Waals surface area contributed by atoms with Crippen LogP contribution in [0, 0.1) is 0 Å². The molecule has 5 heteroatoms. The lowest BCUT2D eigenvalue weighted by Crippen LogP contribution is -2.09. The Kier molecular flexibility index (Phi) is 6.38. The molecular weight excluding hydrogens is 284 g/mol. The van der Waals surface area contributed by atoms with Gasteiger partial charge < -0.3 is 13.9 Å². The molecule has 0 N–H and O–H groups in total. The summed E-state index contributed by atoms with van der Waals surface area (Å²) in [6, 6.07) is 8.34. The molecule has 22 heavy (non-hydrogen) atoms. The number of hydrogen-bond donors (Lipinski definition) is 0. The number of carbonyl (C=O) groups excluding carboxylic acids is 1. The topological polar surface area (TPSA) is 65.7 Å². The Morgan fingerprint density at radius 1 is 1.23 bits per heavy atom. The highest BCUT2D eigenvalue weighted by molar-refractivity contribution is 5.86. The van der Waals surface area contributed by atoms with E-state index in [2.05, 4.69) is 6.58 Å². The summed E-state index contributed by atoms with van der Waals surface area (Å²) in [5.74, 6) is 0.200. The van der Waals surface area contributed by atoms with Gasteiger partial charge in [-0.2, -0.15) is 0 Å². The van der Waals surface area contributed by atoms with Crippen LogP contribution in [0.5, 0.6) is 5.75 Å². The maximum Gasteiger partial charge on any atom is 0.336 e. The minimum atomic E-state index is -0.400. The molecule has 1 aromatic carbocycles. The quantitative estimate of drug-likeness (QED) is 0.354. The summed E-state index contributed by atoms with van der Waals surface area (Å²) in [6.07, 6.45) is 0.565. The first-order valence-corrected chi connectivity index (χ1v) is 6.55. The first-order valence-electron chi connectivity index (χ1n) is 6.55. The van der Waals surface area contributed by atoms with Crippen molar-refractivity contribution in [2.75, 3.05) is 13.2 Å². The van der Waals surface area contributed by atoms with Crippen molar-refractivity contribution < 1.29 is 18.7 Å². The highest BCUT2D eigenvalue weighted by Gasteiger charge is 2.03. The van der Waals surface area contributed by atoms with E-state index in [9.17, 15) is 9.59 Å². The maximum atomic E-state index is 11.1. The SMILES string of the molecule is C.C=C(C)C(=O)OCCCOc1ccc2ccc(=O)oc2c1. The number of carbonyl (C=O) groups is 1. The molecule has 2 aromatic rings. The van der Waals surface area contributed by atoms with E-state index in [4.69, 9.17) is 13.9 Å². The van der Waals surface area contributed by atoms with Crippen LogP contribution in [-0.4, -0.2) is 19.2 Å². The molecule has 5 nitrogen and oxygen atoms in total. The lowest BCUT2D eigenvalue weighted by Gasteiger charge is -2.07. The minimum absolute atomic E-state index is 0. The van der Waals surface area contributed by atoms with Crippen molar-refractivity contribution in [3.05, 3.63) is 52.9 Å². The minimum Gasteiger partial charge on any atom is -0.493 e. The molecule has 1 aromatic heterocycles. The summed E-state index contributed by atoms with van der Waals surface area (Å²) < 4.78 is 15.5. The average molecular weight is 304 g/mol. The summed E-state index contributed by atoms with van der Waals surface area (Å²) in [6.45, 7) is 5.76. The van der Waals surface area contributed by atoms with Gasteiger partial charge in [-0.05, 0) is 25.1 Å². The molecule has 0 fully saturated rings. The maximum absolute atomic E-state index is 11.1. The summed E-state index contributed by atoms with van der Waals surface area (Å²) >= 11 is 0. The van der Waals surface area contributed by atoms with Gasteiger partial charge in [0.15, 0.2) is 0 Å². The van der Waals surface area contributed by atoms with E-state index in [0.29, 0.717) is 29.9 Å². The lowest BCUT2D eigenvalue weighted by atomic mass is 10.2. The van der Waals surface area contributed by atoms with Crippen LogP contribution < -0.4 is 10.4 Å². The standard InChI is InChI=1S/C16H16O5.CH4/c1-11(2)16(18)20-9-3-8-19-13-6-4-12-5-7-15(17)21-14(12)10-13;/h4-7,10H,1,3,8-9H2,2H3;1H4. The zero-order valence-corrected chi connectivity index (χ0v) is 11.8. The Bertz CT molecular complexity index is 714. The van der Waals surface area contributed by atoms with Gasteiger partial charge in [0.1, 0.15) is 11.3 Å². The Labute approximate surface area is 129 Å². The predicted molar refractivity (Wildman–Crippen MR) is 85.1 cm³/mol. The van der Waals surface area contributed by atoms with Gasteiger partial charge in [-0.1, -0.05) is 14.0 Å². The third-order valence-corrected chi connectivity index (χ3v) is 2.73.